The Balaban J connectivity index is 3.27. The summed E-state index contributed by atoms with van der Waals surface area (Å²) in [6.45, 7) is 4.36. The van der Waals surface area contributed by atoms with Crippen molar-refractivity contribution in [2.75, 3.05) is 20.8 Å². The fourth-order valence-electron chi connectivity index (χ4n) is 1.73. The van der Waals surface area contributed by atoms with E-state index >= 15 is 0 Å². The highest BCUT2D eigenvalue weighted by Crippen LogP contribution is 2.28. The largest absolute Gasteiger partial charge is 0.348 e. The number of benzene rings is 1. The van der Waals surface area contributed by atoms with Gasteiger partial charge in [-0.1, -0.05) is 23.8 Å². The van der Waals surface area contributed by atoms with Crippen molar-refractivity contribution < 1.29 is 9.47 Å². The van der Waals surface area contributed by atoms with Gasteiger partial charge >= 0.3 is 0 Å². The van der Waals surface area contributed by atoms with Crippen molar-refractivity contribution in [2.45, 2.75) is 19.6 Å². The summed E-state index contributed by atoms with van der Waals surface area (Å²) in [6.07, 6.45) is 0. The van der Waals surface area contributed by atoms with Crippen molar-refractivity contribution in [3.63, 3.8) is 0 Å². The van der Waals surface area contributed by atoms with E-state index in [1.54, 1.807) is 14.2 Å². The molecule has 84 valence electrons. The molecule has 0 aliphatic rings. The number of ether oxygens (including phenoxy) is 2. The predicted molar refractivity (Wildman–Crippen MR) is 60.7 cm³/mol. The van der Waals surface area contributed by atoms with Crippen LogP contribution in [0.25, 0.3) is 0 Å². The van der Waals surface area contributed by atoms with Crippen molar-refractivity contribution in [3.05, 3.63) is 34.9 Å². The van der Waals surface area contributed by atoms with Gasteiger partial charge in [0.05, 0.1) is 6.54 Å². The highest BCUT2D eigenvalue weighted by Gasteiger charge is 2.31. The van der Waals surface area contributed by atoms with E-state index in [1.165, 1.54) is 5.56 Å². The van der Waals surface area contributed by atoms with Crippen LogP contribution in [0.1, 0.15) is 16.7 Å². The molecule has 0 atom stereocenters. The SMILES string of the molecule is COC(CN)(OC)c1cc(C)ccc1C. The zero-order valence-electron chi connectivity index (χ0n) is 9.83. The Morgan fingerprint density at radius 1 is 1.20 bits per heavy atom. The van der Waals surface area contributed by atoms with Gasteiger partial charge in [-0.15, -0.1) is 0 Å². The van der Waals surface area contributed by atoms with Crippen LogP contribution >= 0.6 is 0 Å². The average molecular weight is 209 g/mol. The number of nitrogens with two attached hydrogens (primary N) is 1. The standard InChI is InChI=1S/C12H19NO2/c1-9-5-6-10(2)11(7-9)12(8-13,14-3)15-4/h5-7H,8,13H2,1-4H3. The zero-order valence-corrected chi connectivity index (χ0v) is 9.83. The normalized spacial score (nSPS) is 11.8. The molecule has 3 nitrogen and oxygen atoms in total. The first-order chi connectivity index (χ1) is 7.09. The van der Waals surface area contributed by atoms with E-state index in [2.05, 4.69) is 12.1 Å². The lowest BCUT2D eigenvalue weighted by Crippen LogP contribution is -2.39. The van der Waals surface area contributed by atoms with E-state index in [0.29, 0.717) is 6.54 Å². The van der Waals surface area contributed by atoms with E-state index in [0.717, 1.165) is 11.1 Å². The van der Waals surface area contributed by atoms with E-state index in [9.17, 15) is 0 Å². The number of rotatable bonds is 4. The van der Waals surface area contributed by atoms with E-state index < -0.39 is 5.79 Å². The van der Waals surface area contributed by atoms with E-state index in [1.807, 2.05) is 19.9 Å². The van der Waals surface area contributed by atoms with Gasteiger partial charge in [0.2, 0.25) is 5.79 Å². The Hall–Kier alpha value is -0.900. The Kier molecular flexibility index (Phi) is 3.85. The smallest absolute Gasteiger partial charge is 0.207 e. The van der Waals surface area contributed by atoms with Crippen molar-refractivity contribution in [3.8, 4) is 0 Å². The number of aryl methyl sites for hydroxylation is 2. The van der Waals surface area contributed by atoms with Gasteiger partial charge in [0.15, 0.2) is 0 Å². The van der Waals surface area contributed by atoms with Crippen molar-refractivity contribution in [2.24, 2.45) is 5.73 Å². The summed E-state index contributed by atoms with van der Waals surface area (Å²) in [6, 6.07) is 6.16. The highest BCUT2D eigenvalue weighted by molar-refractivity contribution is 5.34. The third kappa shape index (κ3) is 2.20. The molecule has 0 unspecified atom stereocenters. The van der Waals surface area contributed by atoms with Crippen LogP contribution in [-0.2, 0) is 15.3 Å². The molecular weight excluding hydrogens is 190 g/mol. The molecule has 0 saturated carbocycles. The maximum atomic E-state index is 5.73. The molecule has 0 bridgehead atoms. The summed E-state index contributed by atoms with van der Waals surface area (Å²) >= 11 is 0. The lowest BCUT2D eigenvalue weighted by molar-refractivity contribution is -0.208. The first kappa shape index (κ1) is 12.2. The summed E-state index contributed by atoms with van der Waals surface area (Å²) in [4.78, 5) is 0. The highest BCUT2D eigenvalue weighted by atomic mass is 16.7. The third-order valence-corrected chi connectivity index (χ3v) is 2.73. The van der Waals surface area contributed by atoms with Crippen LogP contribution in [0.15, 0.2) is 18.2 Å². The summed E-state index contributed by atoms with van der Waals surface area (Å²) in [5, 5.41) is 0. The molecule has 0 aliphatic heterocycles. The molecule has 3 heteroatoms. The van der Waals surface area contributed by atoms with Gasteiger partial charge in [-0.2, -0.15) is 0 Å². The number of hydrogen-bond donors (Lipinski definition) is 1. The number of methoxy groups -OCH3 is 2. The van der Waals surface area contributed by atoms with Crippen LogP contribution in [0.4, 0.5) is 0 Å². The van der Waals surface area contributed by atoms with Crippen molar-refractivity contribution in [1.82, 2.24) is 0 Å². The first-order valence-corrected chi connectivity index (χ1v) is 4.97. The lowest BCUT2D eigenvalue weighted by Gasteiger charge is -2.31. The lowest BCUT2D eigenvalue weighted by atomic mass is 9.98. The molecule has 15 heavy (non-hydrogen) atoms. The zero-order chi connectivity index (χ0) is 11.5. The fourth-order valence-corrected chi connectivity index (χ4v) is 1.73. The fraction of sp³-hybridized carbons (Fsp3) is 0.500. The van der Waals surface area contributed by atoms with Gasteiger partial charge in [0, 0.05) is 19.8 Å². The molecule has 0 heterocycles. The Bertz CT molecular complexity index is 324. The van der Waals surface area contributed by atoms with Gasteiger partial charge < -0.3 is 15.2 Å². The number of hydrogen-bond acceptors (Lipinski definition) is 3. The molecule has 1 aromatic rings. The molecule has 2 N–H and O–H groups in total. The maximum Gasteiger partial charge on any atom is 0.207 e. The van der Waals surface area contributed by atoms with E-state index in [-0.39, 0.29) is 0 Å². The molecule has 0 aliphatic carbocycles. The molecule has 0 fully saturated rings. The van der Waals surface area contributed by atoms with Crippen LogP contribution < -0.4 is 5.73 Å². The second kappa shape index (κ2) is 4.75. The Morgan fingerprint density at radius 3 is 2.27 bits per heavy atom. The second-order valence-corrected chi connectivity index (χ2v) is 3.68. The molecule has 0 radical (unpaired) electrons. The summed E-state index contributed by atoms with van der Waals surface area (Å²) < 4.78 is 10.8. The minimum Gasteiger partial charge on any atom is -0.348 e. The van der Waals surface area contributed by atoms with Crippen molar-refractivity contribution in [1.29, 1.82) is 0 Å². The molecule has 0 amide bonds. The van der Waals surface area contributed by atoms with Gasteiger partial charge in [-0.25, -0.2) is 0 Å². The van der Waals surface area contributed by atoms with Gasteiger partial charge in [0.1, 0.15) is 0 Å². The van der Waals surface area contributed by atoms with Crippen LogP contribution in [0.5, 0.6) is 0 Å². The monoisotopic (exact) mass is 209 g/mol. The molecule has 0 aromatic heterocycles. The second-order valence-electron chi connectivity index (χ2n) is 3.68. The Labute approximate surface area is 91.2 Å². The molecule has 1 aromatic carbocycles. The summed E-state index contributed by atoms with van der Waals surface area (Å²) in [5.74, 6) is -0.823. The molecular formula is C12H19NO2. The van der Waals surface area contributed by atoms with Crippen LogP contribution in [-0.4, -0.2) is 20.8 Å². The molecule has 0 saturated heterocycles. The average Bonchev–Trinajstić information content (AvgIpc) is 2.26. The quantitative estimate of drug-likeness (QED) is 0.768. The van der Waals surface area contributed by atoms with Crippen LogP contribution in [0, 0.1) is 13.8 Å². The summed E-state index contributed by atoms with van der Waals surface area (Å²) in [5.41, 5.74) is 9.01. The Morgan fingerprint density at radius 2 is 1.80 bits per heavy atom. The third-order valence-electron chi connectivity index (χ3n) is 2.73. The minimum absolute atomic E-state index is 0.296. The first-order valence-electron chi connectivity index (χ1n) is 4.97. The summed E-state index contributed by atoms with van der Waals surface area (Å²) in [7, 11) is 3.22. The predicted octanol–water partition coefficient (Wildman–Crippen LogP) is 1.71. The maximum absolute atomic E-state index is 5.73. The van der Waals surface area contributed by atoms with Crippen LogP contribution in [0.3, 0.4) is 0 Å². The van der Waals surface area contributed by atoms with Crippen LogP contribution in [0.2, 0.25) is 0 Å². The molecule has 1 rings (SSSR count). The van der Waals surface area contributed by atoms with E-state index in [4.69, 9.17) is 15.2 Å². The van der Waals surface area contributed by atoms with Crippen molar-refractivity contribution >= 4 is 0 Å². The van der Waals surface area contributed by atoms with Gasteiger partial charge in [0.25, 0.3) is 0 Å². The topological polar surface area (TPSA) is 44.5 Å². The minimum atomic E-state index is -0.823. The molecule has 0 spiro atoms. The van der Waals surface area contributed by atoms with Gasteiger partial charge in [-0.05, 0) is 19.4 Å². The van der Waals surface area contributed by atoms with Gasteiger partial charge in [-0.3, -0.25) is 0 Å².